The number of rotatable bonds is 5. The number of ether oxygens (including phenoxy) is 2. The third-order valence-electron chi connectivity index (χ3n) is 3.15. The number of pyridine rings is 1. The molecular weight excluding hydrogens is 270 g/mol. The Hall–Kier alpha value is -2.28. The van der Waals surface area contributed by atoms with Gasteiger partial charge in [-0.25, -0.2) is 4.98 Å². The van der Waals surface area contributed by atoms with E-state index in [2.05, 4.69) is 24.8 Å². The molecule has 0 radical (unpaired) electrons. The first-order valence-corrected chi connectivity index (χ1v) is 6.96. The van der Waals surface area contributed by atoms with Gasteiger partial charge < -0.3 is 14.4 Å². The van der Waals surface area contributed by atoms with Gasteiger partial charge in [0.2, 0.25) is 5.95 Å². The minimum Gasteiger partial charge on any atom is -0.463 e. The minimum atomic E-state index is 0.349. The Bertz CT molecular complexity index is 560. The highest BCUT2D eigenvalue weighted by atomic mass is 16.5. The quantitative estimate of drug-likeness (QED) is 0.802. The summed E-state index contributed by atoms with van der Waals surface area (Å²) in [6.07, 6.45) is 3.97. The molecule has 0 N–H and O–H groups in total. The average Bonchev–Trinajstić information content (AvgIpc) is 2.57. The van der Waals surface area contributed by atoms with Gasteiger partial charge in [-0.05, 0) is 12.1 Å². The number of anilines is 1. The second kappa shape index (κ2) is 6.94. The number of morpholine rings is 1. The second-order valence-corrected chi connectivity index (χ2v) is 4.59. The molecule has 21 heavy (non-hydrogen) atoms. The van der Waals surface area contributed by atoms with Gasteiger partial charge in [-0.1, -0.05) is 6.07 Å². The zero-order valence-electron chi connectivity index (χ0n) is 11.7. The van der Waals surface area contributed by atoms with Gasteiger partial charge in [0, 0.05) is 31.4 Å². The molecule has 2 aromatic rings. The fourth-order valence-corrected chi connectivity index (χ4v) is 2.05. The smallest absolute Gasteiger partial charge is 0.321 e. The molecule has 0 aromatic carbocycles. The van der Waals surface area contributed by atoms with Gasteiger partial charge >= 0.3 is 6.01 Å². The first kappa shape index (κ1) is 13.7. The van der Waals surface area contributed by atoms with Crippen molar-refractivity contribution < 1.29 is 9.47 Å². The number of hydrogen-bond acceptors (Lipinski definition) is 7. The van der Waals surface area contributed by atoms with Crippen molar-refractivity contribution in [3.05, 3.63) is 36.4 Å². The standard InChI is InChI=1S/C14H17N5O2/c1-2-5-15-12(3-1)4-8-21-14-17-11-16-13(18-14)19-6-9-20-10-7-19/h1-3,5,11H,4,6-10H2. The van der Waals surface area contributed by atoms with Crippen LogP contribution in [-0.4, -0.2) is 52.8 Å². The molecule has 3 rings (SSSR count). The Morgan fingerprint density at radius 2 is 2.05 bits per heavy atom. The van der Waals surface area contributed by atoms with Crippen LogP contribution in [-0.2, 0) is 11.2 Å². The molecule has 0 amide bonds. The summed E-state index contributed by atoms with van der Waals surface area (Å²) in [7, 11) is 0. The summed E-state index contributed by atoms with van der Waals surface area (Å²) in [4.78, 5) is 18.9. The lowest BCUT2D eigenvalue weighted by atomic mass is 10.3. The summed E-state index contributed by atoms with van der Waals surface area (Å²) in [5.74, 6) is 0.640. The van der Waals surface area contributed by atoms with E-state index in [0.29, 0.717) is 31.8 Å². The normalized spacial score (nSPS) is 15.0. The molecule has 3 heterocycles. The maximum Gasteiger partial charge on any atom is 0.321 e. The van der Waals surface area contributed by atoms with E-state index in [0.717, 1.165) is 25.2 Å². The van der Waals surface area contributed by atoms with Crippen molar-refractivity contribution in [1.82, 2.24) is 19.9 Å². The van der Waals surface area contributed by atoms with E-state index in [1.165, 1.54) is 6.33 Å². The third kappa shape index (κ3) is 3.85. The molecule has 1 fully saturated rings. The fraction of sp³-hybridized carbons (Fsp3) is 0.429. The van der Waals surface area contributed by atoms with Gasteiger partial charge in [0.25, 0.3) is 0 Å². The van der Waals surface area contributed by atoms with E-state index in [9.17, 15) is 0 Å². The predicted molar refractivity (Wildman–Crippen MR) is 76.3 cm³/mol. The molecule has 0 bridgehead atoms. The first-order valence-electron chi connectivity index (χ1n) is 6.96. The zero-order valence-corrected chi connectivity index (χ0v) is 11.7. The van der Waals surface area contributed by atoms with Gasteiger partial charge in [0.1, 0.15) is 6.33 Å². The first-order chi connectivity index (χ1) is 10.4. The molecule has 7 heteroatoms. The number of aromatic nitrogens is 4. The molecule has 0 unspecified atom stereocenters. The van der Waals surface area contributed by atoms with Gasteiger partial charge in [-0.2, -0.15) is 9.97 Å². The number of hydrogen-bond donors (Lipinski definition) is 0. The SMILES string of the molecule is c1ccc(CCOc2ncnc(N3CCOCC3)n2)nc1. The molecule has 0 aliphatic carbocycles. The van der Waals surface area contributed by atoms with Crippen LogP contribution in [0.15, 0.2) is 30.7 Å². The highest BCUT2D eigenvalue weighted by molar-refractivity contribution is 5.29. The van der Waals surface area contributed by atoms with Crippen LogP contribution in [0.4, 0.5) is 5.95 Å². The minimum absolute atomic E-state index is 0.349. The van der Waals surface area contributed by atoms with E-state index in [1.54, 1.807) is 6.20 Å². The molecule has 1 saturated heterocycles. The van der Waals surface area contributed by atoms with Crippen molar-refractivity contribution in [2.45, 2.75) is 6.42 Å². The van der Waals surface area contributed by atoms with Gasteiger partial charge in [0.15, 0.2) is 0 Å². The Morgan fingerprint density at radius 3 is 2.86 bits per heavy atom. The van der Waals surface area contributed by atoms with Gasteiger partial charge in [-0.3, -0.25) is 4.98 Å². The highest BCUT2D eigenvalue weighted by Gasteiger charge is 2.14. The lowest BCUT2D eigenvalue weighted by Crippen LogP contribution is -2.37. The van der Waals surface area contributed by atoms with E-state index in [-0.39, 0.29) is 0 Å². The van der Waals surface area contributed by atoms with E-state index >= 15 is 0 Å². The number of nitrogens with zero attached hydrogens (tertiary/aromatic N) is 5. The van der Waals surface area contributed by atoms with Crippen molar-refractivity contribution in [2.24, 2.45) is 0 Å². The maximum atomic E-state index is 5.58. The van der Waals surface area contributed by atoms with E-state index in [4.69, 9.17) is 9.47 Å². The van der Waals surface area contributed by atoms with Crippen LogP contribution in [0.1, 0.15) is 5.69 Å². The molecule has 2 aromatic heterocycles. The predicted octanol–water partition coefficient (Wildman–Crippen LogP) is 0.725. The lowest BCUT2D eigenvalue weighted by molar-refractivity contribution is 0.122. The molecule has 0 atom stereocenters. The Morgan fingerprint density at radius 1 is 1.14 bits per heavy atom. The summed E-state index contributed by atoms with van der Waals surface area (Å²) >= 11 is 0. The van der Waals surface area contributed by atoms with Crippen LogP contribution in [0.3, 0.4) is 0 Å². The Balaban J connectivity index is 1.55. The summed E-state index contributed by atoms with van der Waals surface area (Å²) in [6.45, 7) is 3.46. The second-order valence-electron chi connectivity index (χ2n) is 4.59. The molecule has 7 nitrogen and oxygen atoms in total. The van der Waals surface area contributed by atoms with Crippen LogP contribution >= 0.6 is 0 Å². The summed E-state index contributed by atoms with van der Waals surface area (Å²) in [6, 6.07) is 6.17. The fourth-order valence-electron chi connectivity index (χ4n) is 2.05. The van der Waals surface area contributed by atoms with Crippen LogP contribution in [0.5, 0.6) is 6.01 Å². The van der Waals surface area contributed by atoms with Crippen molar-refractivity contribution in [3.8, 4) is 6.01 Å². The topological polar surface area (TPSA) is 73.3 Å². The summed E-state index contributed by atoms with van der Waals surface area (Å²) < 4.78 is 10.9. The summed E-state index contributed by atoms with van der Waals surface area (Å²) in [5, 5.41) is 0. The molecule has 1 aliphatic rings. The molecular formula is C14H17N5O2. The van der Waals surface area contributed by atoms with Crippen LogP contribution in [0.25, 0.3) is 0 Å². The van der Waals surface area contributed by atoms with Crippen molar-refractivity contribution in [3.63, 3.8) is 0 Å². The monoisotopic (exact) mass is 287 g/mol. The highest BCUT2D eigenvalue weighted by Crippen LogP contribution is 2.11. The lowest BCUT2D eigenvalue weighted by Gasteiger charge is -2.26. The van der Waals surface area contributed by atoms with Gasteiger partial charge in [-0.15, -0.1) is 0 Å². The van der Waals surface area contributed by atoms with Crippen LogP contribution in [0.2, 0.25) is 0 Å². The van der Waals surface area contributed by atoms with Crippen molar-refractivity contribution in [2.75, 3.05) is 37.8 Å². The molecule has 110 valence electrons. The van der Waals surface area contributed by atoms with Crippen LogP contribution < -0.4 is 9.64 Å². The van der Waals surface area contributed by atoms with E-state index < -0.39 is 0 Å². The van der Waals surface area contributed by atoms with E-state index in [1.807, 2.05) is 18.2 Å². The zero-order chi connectivity index (χ0) is 14.3. The average molecular weight is 287 g/mol. The summed E-state index contributed by atoms with van der Waals surface area (Å²) in [5.41, 5.74) is 0.986. The van der Waals surface area contributed by atoms with Gasteiger partial charge in [0.05, 0.1) is 19.8 Å². The molecule has 1 aliphatic heterocycles. The Labute approximate surface area is 123 Å². The Kier molecular flexibility index (Phi) is 4.52. The maximum absolute atomic E-state index is 5.58. The largest absolute Gasteiger partial charge is 0.463 e. The van der Waals surface area contributed by atoms with Crippen molar-refractivity contribution >= 4 is 5.95 Å². The molecule has 0 saturated carbocycles. The van der Waals surface area contributed by atoms with Crippen LogP contribution in [0, 0.1) is 0 Å². The van der Waals surface area contributed by atoms with Crippen molar-refractivity contribution in [1.29, 1.82) is 0 Å². The molecule has 0 spiro atoms. The third-order valence-corrected chi connectivity index (χ3v) is 3.15.